The van der Waals surface area contributed by atoms with E-state index in [-0.39, 0.29) is 5.91 Å². The standard InChI is InChI=1S/C21H27NO2/c1-3-4-5-6-9-16-24-19-14-12-18(13-15-19)22-21(23)20-11-8-7-10-17(20)2/h7-8,10-15H,3-6,9,16H2,1-2H3,(H,22,23). The van der Waals surface area contributed by atoms with E-state index in [1.165, 1.54) is 25.7 Å². The summed E-state index contributed by atoms with van der Waals surface area (Å²) in [5.41, 5.74) is 2.45. The van der Waals surface area contributed by atoms with E-state index in [0.717, 1.165) is 30.0 Å². The highest BCUT2D eigenvalue weighted by Crippen LogP contribution is 2.18. The Labute approximate surface area is 145 Å². The van der Waals surface area contributed by atoms with Gasteiger partial charge < -0.3 is 10.1 Å². The van der Waals surface area contributed by atoms with Crippen LogP contribution in [-0.2, 0) is 0 Å². The highest BCUT2D eigenvalue weighted by molar-refractivity contribution is 6.05. The zero-order valence-electron chi connectivity index (χ0n) is 14.7. The molecule has 0 aromatic heterocycles. The largest absolute Gasteiger partial charge is 0.494 e. The number of nitrogens with one attached hydrogen (secondary N) is 1. The van der Waals surface area contributed by atoms with Crippen LogP contribution < -0.4 is 10.1 Å². The number of ether oxygens (including phenoxy) is 1. The van der Waals surface area contributed by atoms with E-state index >= 15 is 0 Å². The van der Waals surface area contributed by atoms with Crippen molar-refractivity contribution in [3.05, 3.63) is 59.7 Å². The molecule has 24 heavy (non-hydrogen) atoms. The third-order valence-corrected chi connectivity index (χ3v) is 4.02. The lowest BCUT2D eigenvalue weighted by atomic mass is 10.1. The van der Waals surface area contributed by atoms with E-state index in [1.54, 1.807) is 0 Å². The van der Waals surface area contributed by atoms with Crippen molar-refractivity contribution in [3.63, 3.8) is 0 Å². The summed E-state index contributed by atoms with van der Waals surface area (Å²) >= 11 is 0. The van der Waals surface area contributed by atoms with Gasteiger partial charge in [-0.25, -0.2) is 0 Å². The molecule has 128 valence electrons. The molecule has 0 saturated heterocycles. The molecule has 1 amide bonds. The Balaban J connectivity index is 1.79. The molecule has 0 fully saturated rings. The Morgan fingerprint density at radius 2 is 1.67 bits per heavy atom. The molecular weight excluding hydrogens is 298 g/mol. The summed E-state index contributed by atoms with van der Waals surface area (Å²) in [6.07, 6.45) is 6.15. The molecular formula is C21H27NO2. The van der Waals surface area contributed by atoms with Crippen LogP contribution in [0.15, 0.2) is 48.5 Å². The Hall–Kier alpha value is -2.29. The number of hydrogen-bond donors (Lipinski definition) is 1. The first-order valence-electron chi connectivity index (χ1n) is 8.80. The molecule has 1 N–H and O–H groups in total. The highest BCUT2D eigenvalue weighted by Gasteiger charge is 2.08. The fourth-order valence-corrected chi connectivity index (χ4v) is 2.56. The number of anilines is 1. The molecule has 0 unspecified atom stereocenters. The summed E-state index contributed by atoms with van der Waals surface area (Å²) in [7, 11) is 0. The maximum Gasteiger partial charge on any atom is 0.255 e. The van der Waals surface area contributed by atoms with Crippen LogP contribution in [0, 0.1) is 6.92 Å². The first-order valence-corrected chi connectivity index (χ1v) is 8.80. The van der Waals surface area contributed by atoms with Gasteiger partial charge in [0.25, 0.3) is 5.91 Å². The van der Waals surface area contributed by atoms with Gasteiger partial charge in [0.1, 0.15) is 5.75 Å². The minimum Gasteiger partial charge on any atom is -0.494 e. The molecule has 3 heteroatoms. The monoisotopic (exact) mass is 325 g/mol. The number of unbranched alkanes of at least 4 members (excludes halogenated alkanes) is 4. The SMILES string of the molecule is CCCCCCCOc1ccc(NC(=O)c2ccccc2C)cc1. The number of benzene rings is 2. The van der Waals surface area contributed by atoms with E-state index in [0.29, 0.717) is 5.56 Å². The van der Waals surface area contributed by atoms with Crippen molar-refractivity contribution in [2.24, 2.45) is 0 Å². The lowest BCUT2D eigenvalue weighted by Gasteiger charge is -2.09. The van der Waals surface area contributed by atoms with Crippen LogP contribution in [0.1, 0.15) is 54.9 Å². The van der Waals surface area contributed by atoms with Gasteiger partial charge in [0.05, 0.1) is 6.61 Å². The minimum atomic E-state index is -0.0855. The first-order chi connectivity index (χ1) is 11.7. The van der Waals surface area contributed by atoms with E-state index < -0.39 is 0 Å². The maximum atomic E-state index is 12.3. The highest BCUT2D eigenvalue weighted by atomic mass is 16.5. The van der Waals surface area contributed by atoms with E-state index in [4.69, 9.17) is 4.74 Å². The van der Waals surface area contributed by atoms with Crippen LogP contribution in [0.4, 0.5) is 5.69 Å². The summed E-state index contributed by atoms with van der Waals surface area (Å²) in [5, 5.41) is 2.92. The number of aryl methyl sites for hydroxylation is 1. The molecule has 0 aliphatic rings. The van der Waals surface area contributed by atoms with Gasteiger partial charge in [0.15, 0.2) is 0 Å². The zero-order chi connectivity index (χ0) is 17.2. The number of rotatable bonds is 9. The van der Waals surface area contributed by atoms with E-state index in [2.05, 4.69) is 12.2 Å². The summed E-state index contributed by atoms with van der Waals surface area (Å²) in [6, 6.07) is 15.1. The van der Waals surface area contributed by atoms with Crippen LogP contribution in [0.5, 0.6) is 5.75 Å². The summed E-state index contributed by atoms with van der Waals surface area (Å²) in [5.74, 6) is 0.761. The number of amides is 1. The lowest BCUT2D eigenvalue weighted by molar-refractivity contribution is 0.102. The van der Waals surface area contributed by atoms with Crippen LogP contribution >= 0.6 is 0 Å². The molecule has 0 spiro atoms. The smallest absolute Gasteiger partial charge is 0.255 e. The molecule has 2 rings (SSSR count). The summed E-state index contributed by atoms with van der Waals surface area (Å²) < 4.78 is 5.74. The van der Waals surface area contributed by atoms with Crippen molar-refractivity contribution in [1.82, 2.24) is 0 Å². The average Bonchev–Trinajstić information content (AvgIpc) is 2.59. The topological polar surface area (TPSA) is 38.3 Å². The van der Waals surface area contributed by atoms with Gasteiger partial charge in [-0.15, -0.1) is 0 Å². The van der Waals surface area contributed by atoms with Gasteiger partial charge in [-0.2, -0.15) is 0 Å². The number of carbonyl (C=O) groups excluding carboxylic acids is 1. The van der Waals surface area contributed by atoms with Gasteiger partial charge in [-0.1, -0.05) is 50.8 Å². The second-order valence-electron chi connectivity index (χ2n) is 6.06. The second-order valence-corrected chi connectivity index (χ2v) is 6.06. The predicted octanol–water partition coefficient (Wildman–Crippen LogP) is 5.60. The fraction of sp³-hybridized carbons (Fsp3) is 0.381. The normalized spacial score (nSPS) is 10.4. The van der Waals surface area contributed by atoms with Crippen molar-refractivity contribution < 1.29 is 9.53 Å². The molecule has 0 radical (unpaired) electrons. The van der Waals surface area contributed by atoms with Gasteiger partial charge >= 0.3 is 0 Å². The maximum absolute atomic E-state index is 12.3. The average molecular weight is 325 g/mol. The number of hydrogen-bond acceptors (Lipinski definition) is 2. The van der Waals surface area contributed by atoms with Crippen molar-refractivity contribution in [3.8, 4) is 5.75 Å². The van der Waals surface area contributed by atoms with Crippen molar-refractivity contribution in [1.29, 1.82) is 0 Å². The van der Waals surface area contributed by atoms with Crippen molar-refractivity contribution in [2.75, 3.05) is 11.9 Å². The molecule has 0 heterocycles. The molecule has 0 bridgehead atoms. The van der Waals surface area contributed by atoms with Gasteiger partial charge in [0.2, 0.25) is 0 Å². The van der Waals surface area contributed by atoms with Gasteiger partial charge in [0, 0.05) is 11.3 Å². The van der Waals surface area contributed by atoms with E-state index in [1.807, 2.05) is 55.5 Å². The molecule has 3 nitrogen and oxygen atoms in total. The summed E-state index contributed by atoms with van der Waals surface area (Å²) in [6.45, 7) is 4.90. The van der Waals surface area contributed by atoms with Crippen LogP contribution in [-0.4, -0.2) is 12.5 Å². The third kappa shape index (κ3) is 5.73. The Kier molecular flexibility index (Phi) is 7.34. The quantitative estimate of drug-likeness (QED) is 0.610. The Bertz CT molecular complexity index is 635. The second kappa shape index (κ2) is 9.76. The molecule has 0 saturated carbocycles. The molecule has 0 aliphatic heterocycles. The molecule has 2 aromatic rings. The first kappa shape index (κ1) is 18.1. The van der Waals surface area contributed by atoms with Gasteiger partial charge in [-0.3, -0.25) is 4.79 Å². The van der Waals surface area contributed by atoms with Crippen molar-refractivity contribution in [2.45, 2.75) is 46.0 Å². The molecule has 0 aliphatic carbocycles. The van der Waals surface area contributed by atoms with Crippen molar-refractivity contribution >= 4 is 11.6 Å². The van der Waals surface area contributed by atoms with Crippen LogP contribution in [0.25, 0.3) is 0 Å². The molecule has 0 atom stereocenters. The lowest BCUT2D eigenvalue weighted by Crippen LogP contribution is -2.13. The minimum absolute atomic E-state index is 0.0855. The number of carbonyl (C=O) groups is 1. The predicted molar refractivity (Wildman–Crippen MR) is 99.8 cm³/mol. The Morgan fingerprint density at radius 3 is 2.38 bits per heavy atom. The molecule has 2 aromatic carbocycles. The van der Waals surface area contributed by atoms with Crippen LogP contribution in [0.3, 0.4) is 0 Å². The summed E-state index contributed by atoms with van der Waals surface area (Å²) in [4.78, 5) is 12.3. The van der Waals surface area contributed by atoms with E-state index in [9.17, 15) is 4.79 Å². The van der Waals surface area contributed by atoms with Gasteiger partial charge in [-0.05, 0) is 49.2 Å². The zero-order valence-corrected chi connectivity index (χ0v) is 14.7. The third-order valence-electron chi connectivity index (χ3n) is 4.02. The van der Waals surface area contributed by atoms with Crippen LogP contribution in [0.2, 0.25) is 0 Å². The fourth-order valence-electron chi connectivity index (χ4n) is 2.56. The Morgan fingerprint density at radius 1 is 0.958 bits per heavy atom.